The van der Waals surface area contributed by atoms with E-state index < -0.39 is 35.4 Å². The number of rotatable bonds is 3. The van der Waals surface area contributed by atoms with Crippen molar-refractivity contribution in [2.45, 2.75) is 38.5 Å². The van der Waals surface area contributed by atoms with Crippen molar-refractivity contribution in [1.29, 1.82) is 0 Å². The number of para-hydroxylation sites is 2. The average molecular weight is 478 g/mol. The van der Waals surface area contributed by atoms with Crippen molar-refractivity contribution in [3.63, 3.8) is 0 Å². The molecular weight excluding hydrogens is 452 g/mol. The van der Waals surface area contributed by atoms with Gasteiger partial charge < -0.3 is 25.5 Å². The van der Waals surface area contributed by atoms with Crippen LogP contribution in [0.3, 0.4) is 0 Å². The number of halogens is 2. The van der Waals surface area contributed by atoms with Crippen molar-refractivity contribution in [1.82, 2.24) is 10.3 Å². The number of hydrogen-bond acceptors (Lipinski definition) is 4. The molecule has 1 aliphatic rings. The second kappa shape index (κ2) is 8.39. The molecule has 0 aliphatic carbocycles. The molecule has 0 fully saturated rings. The van der Waals surface area contributed by atoms with Gasteiger partial charge in [0.25, 0.3) is 0 Å². The van der Waals surface area contributed by atoms with Crippen molar-refractivity contribution in [2.75, 3.05) is 5.32 Å². The van der Waals surface area contributed by atoms with Gasteiger partial charge in [0.2, 0.25) is 0 Å². The number of carbonyl (C=O) groups excluding carboxylic acids is 1. The molecule has 0 radical (unpaired) electrons. The van der Waals surface area contributed by atoms with Crippen molar-refractivity contribution in [3.05, 3.63) is 83.6 Å². The molecule has 1 aromatic heterocycles. The molecule has 4 aromatic rings. The van der Waals surface area contributed by atoms with E-state index in [0.29, 0.717) is 16.8 Å². The van der Waals surface area contributed by atoms with E-state index in [-0.39, 0.29) is 16.8 Å². The Kier molecular flexibility index (Phi) is 5.48. The van der Waals surface area contributed by atoms with Crippen LogP contribution in [-0.2, 0) is 0 Å². The molecule has 4 N–H and O–H groups in total. The van der Waals surface area contributed by atoms with Crippen molar-refractivity contribution < 1.29 is 23.4 Å². The largest absolute Gasteiger partial charge is 0.413 e. The Balaban J connectivity index is 1.62. The first-order chi connectivity index (χ1) is 16.7. The van der Waals surface area contributed by atoms with E-state index in [2.05, 4.69) is 15.6 Å². The zero-order chi connectivity index (χ0) is 24.9. The first kappa shape index (κ1) is 22.9. The molecule has 8 heteroatoms. The number of aryl methyl sites for hydroxylation is 1. The zero-order valence-corrected chi connectivity index (χ0v) is 19.4. The van der Waals surface area contributed by atoms with Crippen LogP contribution in [0.25, 0.3) is 22.0 Å². The van der Waals surface area contributed by atoms with E-state index in [4.69, 9.17) is 4.74 Å². The van der Waals surface area contributed by atoms with Gasteiger partial charge in [0, 0.05) is 28.4 Å². The summed E-state index contributed by atoms with van der Waals surface area (Å²) in [6.45, 7) is 5.27. The average Bonchev–Trinajstić information content (AvgIpc) is 3.19. The maximum absolute atomic E-state index is 16.2. The minimum absolute atomic E-state index is 0.0430. The van der Waals surface area contributed by atoms with Crippen LogP contribution >= 0.6 is 0 Å². The first-order valence-electron chi connectivity index (χ1n) is 11.3. The normalized spacial score (nSPS) is 18.6. The number of amides is 1. The van der Waals surface area contributed by atoms with Gasteiger partial charge >= 0.3 is 6.09 Å². The minimum atomic E-state index is -1.24. The lowest BCUT2D eigenvalue weighted by atomic mass is 9.81. The topological polar surface area (TPSA) is 86.4 Å². The number of ether oxygens (including phenoxy) is 1. The monoisotopic (exact) mass is 477 g/mol. The van der Waals surface area contributed by atoms with E-state index in [1.807, 2.05) is 13.0 Å². The fraction of sp³-hybridized carbons (Fsp3) is 0.222. The highest BCUT2D eigenvalue weighted by atomic mass is 19.1. The first-order valence-corrected chi connectivity index (χ1v) is 11.3. The summed E-state index contributed by atoms with van der Waals surface area (Å²) in [5.74, 6) is -1.33. The van der Waals surface area contributed by atoms with Crippen LogP contribution in [0.4, 0.5) is 19.3 Å². The van der Waals surface area contributed by atoms with Crippen LogP contribution in [0.2, 0.25) is 0 Å². The summed E-state index contributed by atoms with van der Waals surface area (Å²) in [6, 6.07) is 13.6. The molecule has 35 heavy (non-hydrogen) atoms. The third-order valence-corrected chi connectivity index (χ3v) is 6.50. The molecule has 0 spiro atoms. The number of hydrogen-bond donors (Lipinski definition) is 4. The van der Waals surface area contributed by atoms with Gasteiger partial charge in [-0.1, -0.05) is 36.4 Å². The minimum Gasteiger partial charge on any atom is -0.410 e. The summed E-state index contributed by atoms with van der Waals surface area (Å²) in [6.07, 6.45) is -0.328. The molecule has 2 atom stereocenters. The number of fused-ring (bicyclic) bond motifs is 2. The zero-order valence-electron chi connectivity index (χ0n) is 19.4. The molecule has 0 saturated heterocycles. The molecule has 0 bridgehead atoms. The maximum atomic E-state index is 16.2. The Bertz CT molecular complexity index is 1430. The number of aliphatic hydroxyl groups excluding tert-OH is 1. The summed E-state index contributed by atoms with van der Waals surface area (Å²) in [5, 5.41) is 17.5. The van der Waals surface area contributed by atoms with E-state index >= 15 is 8.78 Å². The van der Waals surface area contributed by atoms with Gasteiger partial charge in [0.05, 0.1) is 22.7 Å². The van der Waals surface area contributed by atoms with Crippen LogP contribution < -0.4 is 15.4 Å². The molecule has 2 unspecified atom stereocenters. The number of benzene rings is 3. The van der Waals surface area contributed by atoms with Gasteiger partial charge in [-0.05, 0) is 44.5 Å². The van der Waals surface area contributed by atoms with Gasteiger partial charge in [-0.3, -0.25) is 0 Å². The Morgan fingerprint density at radius 2 is 1.86 bits per heavy atom. The quantitative estimate of drug-likeness (QED) is 0.300. The highest BCUT2D eigenvalue weighted by molar-refractivity contribution is 5.96. The van der Waals surface area contributed by atoms with Gasteiger partial charge in [-0.25, -0.2) is 13.6 Å². The van der Waals surface area contributed by atoms with Gasteiger partial charge in [0.1, 0.15) is 23.5 Å². The Morgan fingerprint density at radius 1 is 1.11 bits per heavy atom. The molecule has 0 saturated carbocycles. The Hall–Kier alpha value is -3.91. The van der Waals surface area contributed by atoms with Crippen LogP contribution in [0.5, 0.6) is 5.75 Å². The summed E-state index contributed by atoms with van der Waals surface area (Å²) in [4.78, 5) is 15.8. The molecule has 1 amide bonds. The summed E-state index contributed by atoms with van der Waals surface area (Å²) >= 11 is 0. The Morgan fingerprint density at radius 3 is 2.60 bits per heavy atom. The lowest BCUT2D eigenvalue weighted by Gasteiger charge is -2.43. The number of nitrogens with one attached hydrogen (secondary N) is 3. The smallest absolute Gasteiger partial charge is 0.410 e. The lowest BCUT2D eigenvalue weighted by Crippen LogP contribution is -2.55. The number of H-pyrrole nitrogens is 1. The fourth-order valence-electron chi connectivity index (χ4n) is 4.69. The van der Waals surface area contributed by atoms with Gasteiger partial charge in [0.15, 0.2) is 0 Å². The highest BCUT2D eigenvalue weighted by Crippen LogP contribution is 2.44. The molecule has 1 aliphatic heterocycles. The lowest BCUT2D eigenvalue weighted by molar-refractivity contribution is 0.0669. The number of aliphatic hydroxyl groups is 1. The molecule has 6 nitrogen and oxygen atoms in total. The molecular formula is C27H25F2N3O3. The second-order valence-corrected chi connectivity index (χ2v) is 9.32. The standard InChI is InChI=1S/C27H25F2N3O3/c1-14-13-30-23-16(14)10-7-11-17(23)20-18(28)12-19-21(22(20)29)24(25(33)27(2,3)32-19)31-26(34)35-15-8-5-4-6-9-15/h4-13,24-25,30,32-33H,1-3H3,(H,31,34). The van der Waals surface area contributed by atoms with Gasteiger partial charge in [-0.15, -0.1) is 0 Å². The highest BCUT2D eigenvalue weighted by Gasteiger charge is 2.44. The molecule has 3 aromatic carbocycles. The number of anilines is 1. The predicted molar refractivity (Wildman–Crippen MR) is 130 cm³/mol. The summed E-state index contributed by atoms with van der Waals surface area (Å²) in [5.41, 5.74) is 0.765. The predicted octanol–water partition coefficient (Wildman–Crippen LogP) is 5.82. The van der Waals surface area contributed by atoms with Crippen LogP contribution in [0.1, 0.15) is 31.0 Å². The number of aromatic nitrogens is 1. The van der Waals surface area contributed by atoms with E-state index in [0.717, 1.165) is 10.9 Å². The molecule has 5 rings (SSSR count). The van der Waals surface area contributed by atoms with Crippen molar-refractivity contribution >= 4 is 22.7 Å². The number of carbonyl (C=O) groups is 1. The van der Waals surface area contributed by atoms with Gasteiger partial charge in [-0.2, -0.15) is 0 Å². The third-order valence-electron chi connectivity index (χ3n) is 6.50. The Labute approximate surface area is 200 Å². The molecule has 180 valence electrons. The van der Waals surface area contributed by atoms with Crippen LogP contribution in [0, 0.1) is 18.6 Å². The molecule has 2 heterocycles. The number of aromatic amines is 1. The van der Waals surface area contributed by atoms with E-state index in [1.54, 1.807) is 62.5 Å². The van der Waals surface area contributed by atoms with Crippen molar-refractivity contribution in [3.8, 4) is 16.9 Å². The van der Waals surface area contributed by atoms with Crippen LogP contribution in [0.15, 0.2) is 60.8 Å². The second-order valence-electron chi connectivity index (χ2n) is 9.32. The summed E-state index contributed by atoms with van der Waals surface area (Å²) in [7, 11) is 0. The fourth-order valence-corrected chi connectivity index (χ4v) is 4.69. The van der Waals surface area contributed by atoms with Crippen molar-refractivity contribution in [2.24, 2.45) is 0 Å². The summed E-state index contributed by atoms with van der Waals surface area (Å²) < 4.78 is 36.9. The van der Waals surface area contributed by atoms with E-state index in [1.165, 1.54) is 6.07 Å². The SMILES string of the molecule is Cc1c[nH]c2c(-c3c(F)cc4c(c3F)C(NC(=O)Oc3ccccc3)C(O)C(C)(C)N4)cccc12. The third kappa shape index (κ3) is 3.89. The van der Waals surface area contributed by atoms with Crippen LogP contribution in [-0.4, -0.2) is 27.8 Å². The maximum Gasteiger partial charge on any atom is 0.413 e. The van der Waals surface area contributed by atoms with E-state index in [9.17, 15) is 9.90 Å².